The first kappa shape index (κ1) is 19.8. The Hall–Kier alpha value is -3.19. The molecule has 1 fully saturated rings. The third-order valence-electron chi connectivity index (χ3n) is 5.87. The minimum Gasteiger partial charge on any atom is -0.320 e. The van der Waals surface area contributed by atoms with Gasteiger partial charge in [-0.3, -0.25) is 9.36 Å². The van der Waals surface area contributed by atoms with Crippen molar-refractivity contribution in [2.45, 2.75) is 38.3 Å². The molecular formula is C23H20ClFN4O2. The second-order valence-electron chi connectivity index (χ2n) is 7.86. The number of nitrogens with zero attached hydrogens (tertiary/aromatic N) is 4. The van der Waals surface area contributed by atoms with Gasteiger partial charge >= 0.3 is 5.69 Å². The first-order valence-corrected chi connectivity index (χ1v) is 10.6. The molecular weight excluding hydrogens is 419 g/mol. The average molecular weight is 439 g/mol. The summed E-state index contributed by atoms with van der Waals surface area (Å²) in [5.41, 5.74) is 0.908. The van der Waals surface area contributed by atoms with Crippen LogP contribution in [0.2, 0.25) is 5.02 Å². The lowest BCUT2D eigenvalue weighted by Crippen LogP contribution is -2.42. The Labute approximate surface area is 182 Å². The van der Waals surface area contributed by atoms with E-state index in [-0.39, 0.29) is 29.6 Å². The number of rotatable bonds is 4. The van der Waals surface area contributed by atoms with Crippen LogP contribution >= 0.6 is 11.6 Å². The smallest absolute Gasteiger partial charge is 0.320 e. The summed E-state index contributed by atoms with van der Waals surface area (Å²) in [6, 6.07) is 13.0. The first-order valence-electron chi connectivity index (χ1n) is 10.3. The highest BCUT2D eigenvalue weighted by Crippen LogP contribution is 2.28. The van der Waals surface area contributed by atoms with Crippen molar-refractivity contribution in [2.24, 2.45) is 0 Å². The Morgan fingerprint density at radius 3 is 2.58 bits per heavy atom. The molecule has 1 aliphatic carbocycles. The molecule has 0 atom stereocenters. The molecule has 2 aromatic carbocycles. The Balaban J connectivity index is 1.80. The van der Waals surface area contributed by atoms with Gasteiger partial charge in [0, 0.05) is 12.6 Å². The number of hydrogen-bond donors (Lipinski definition) is 0. The van der Waals surface area contributed by atoms with E-state index < -0.39 is 5.69 Å². The van der Waals surface area contributed by atoms with Gasteiger partial charge in [-0.25, -0.2) is 18.7 Å². The molecule has 8 heteroatoms. The van der Waals surface area contributed by atoms with Gasteiger partial charge in [-0.05, 0) is 42.7 Å². The number of para-hydroxylation sites is 1. The van der Waals surface area contributed by atoms with Crippen LogP contribution in [0.3, 0.4) is 0 Å². The van der Waals surface area contributed by atoms with Gasteiger partial charge in [0.2, 0.25) is 0 Å². The number of benzene rings is 2. The van der Waals surface area contributed by atoms with Gasteiger partial charge in [0.15, 0.2) is 11.2 Å². The summed E-state index contributed by atoms with van der Waals surface area (Å²) < 4.78 is 18.1. The largest absolute Gasteiger partial charge is 0.337 e. The molecule has 6 nitrogen and oxygen atoms in total. The highest BCUT2D eigenvalue weighted by atomic mass is 35.5. The minimum atomic E-state index is -0.437. The van der Waals surface area contributed by atoms with Gasteiger partial charge in [0.25, 0.3) is 5.56 Å². The number of hydrogen-bond acceptors (Lipinski definition) is 3. The molecule has 0 saturated heterocycles. The van der Waals surface area contributed by atoms with Crippen LogP contribution < -0.4 is 11.2 Å². The lowest BCUT2D eigenvalue weighted by Gasteiger charge is -2.17. The van der Waals surface area contributed by atoms with Crippen molar-refractivity contribution < 1.29 is 4.39 Å². The van der Waals surface area contributed by atoms with Gasteiger partial charge in [-0.15, -0.1) is 0 Å². The highest BCUT2D eigenvalue weighted by molar-refractivity contribution is 6.32. The average Bonchev–Trinajstić information content (AvgIpc) is 3.40. The van der Waals surface area contributed by atoms with E-state index in [0.717, 1.165) is 25.7 Å². The summed E-state index contributed by atoms with van der Waals surface area (Å²) in [5, 5.41) is 0.391. The molecule has 31 heavy (non-hydrogen) atoms. The fourth-order valence-corrected chi connectivity index (χ4v) is 4.66. The molecule has 0 aliphatic heterocycles. The quantitative estimate of drug-likeness (QED) is 0.477. The number of fused-ring (bicyclic) bond motifs is 1. The maximum atomic E-state index is 13.7. The maximum Gasteiger partial charge on any atom is 0.337 e. The van der Waals surface area contributed by atoms with Crippen molar-refractivity contribution in [2.75, 3.05) is 0 Å². The van der Waals surface area contributed by atoms with E-state index in [2.05, 4.69) is 4.98 Å². The van der Waals surface area contributed by atoms with E-state index in [1.54, 1.807) is 41.0 Å². The van der Waals surface area contributed by atoms with E-state index in [9.17, 15) is 14.0 Å². The minimum absolute atomic E-state index is 0.157. The van der Waals surface area contributed by atoms with E-state index >= 15 is 0 Å². The van der Waals surface area contributed by atoms with Crippen LogP contribution in [0.1, 0.15) is 37.3 Å². The van der Waals surface area contributed by atoms with Crippen LogP contribution in [0.5, 0.6) is 0 Å². The molecule has 0 unspecified atom stereocenters. The molecule has 2 aromatic heterocycles. The Bertz CT molecular complexity index is 1400. The van der Waals surface area contributed by atoms with Crippen LogP contribution in [-0.4, -0.2) is 18.7 Å². The number of imidazole rings is 1. The summed E-state index contributed by atoms with van der Waals surface area (Å²) in [4.78, 5) is 31.5. The van der Waals surface area contributed by atoms with Gasteiger partial charge in [0.05, 0.1) is 17.0 Å². The molecule has 1 saturated carbocycles. The Morgan fingerprint density at radius 1 is 1.06 bits per heavy atom. The summed E-state index contributed by atoms with van der Waals surface area (Å²) in [6.07, 6.45) is 5.03. The highest BCUT2D eigenvalue weighted by Gasteiger charge is 2.26. The van der Waals surface area contributed by atoms with Crippen molar-refractivity contribution in [3.05, 3.63) is 92.1 Å². The molecule has 4 aromatic rings. The maximum absolute atomic E-state index is 13.7. The lowest BCUT2D eigenvalue weighted by molar-refractivity contribution is 0.474. The predicted molar refractivity (Wildman–Crippen MR) is 118 cm³/mol. The van der Waals surface area contributed by atoms with E-state index in [1.165, 1.54) is 27.6 Å². The van der Waals surface area contributed by atoms with Crippen molar-refractivity contribution in [1.29, 1.82) is 0 Å². The van der Waals surface area contributed by atoms with Gasteiger partial charge in [-0.2, -0.15) is 0 Å². The molecule has 1 aliphatic rings. The second kappa shape index (κ2) is 7.81. The normalized spacial score (nSPS) is 14.5. The third-order valence-corrected chi connectivity index (χ3v) is 6.19. The molecule has 0 amide bonds. The molecule has 0 radical (unpaired) electrons. The second-order valence-corrected chi connectivity index (χ2v) is 8.26. The zero-order valence-corrected chi connectivity index (χ0v) is 17.4. The summed E-state index contributed by atoms with van der Waals surface area (Å²) >= 11 is 6.41. The molecule has 0 N–H and O–H groups in total. The van der Waals surface area contributed by atoms with Crippen LogP contribution in [0.4, 0.5) is 4.39 Å². The van der Waals surface area contributed by atoms with Crippen LogP contribution in [0.25, 0.3) is 16.9 Å². The fourth-order valence-electron chi connectivity index (χ4n) is 4.44. The van der Waals surface area contributed by atoms with Crippen molar-refractivity contribution in [3.63, 3.8) is 0 Å². The predicted octanol–water partition coefficient (Wildman–Crippen LogP) is 4.30. The summed E-state index contributed by atoms with van der Waals surface area (Å²) in [6.45, 7) is 0.259. The van der Waals surface area contributed by atoms with Gasteiger partial charge in [0.1, 0.15) is 5.82 Å². The standard InChI is InChI=1S/C23H20ClFN4O2/c24-18-10-3-4-11-19(18)29-21-20(22(30)28(23(29)31)17-8-1-2-9-17)27(14-26-21)13-15-6-5-7-16(25)12-15/h3-7,10-12,14,17H,1-2,8-9,13H2. The van der Waals surface area contributed by atoms with Gasteiger partial charge in [-0.1, -0.05) is 48.7 Å². The zero-order chi connectivity index (χ0) is 21.5. The first-order chi connectivity index (χ1) is 15.0. The molecule has 2 heterocycles. The monoisotopic (exact) mass is 438 g/mol. The molecule has 0 bridgehead atoms. The van der Waals surface area contributed by atoms with E-state index in [0.29, 0.717) is 21.8 Å². The lowest BCUT2D eigenvalue weighted by atomic mass is 10.2. The summed E-state index contributed by atoms with van der Waals surface area (Å²) in [5.74, 6) is -0.349. The van der Waals surface area contributed by atoms with Crippen LogP contribution in [0, 0.1) is 5.82 Å². The molecule has 0 spiro atoms. The molecule has 158 valence electrons. The van der Waals surface area contributed by atoms with Crippen molar-refractivity contribution in [3.8, 4) is 5.69 Å². The third kappa shape index (κ3) is 3.39. The van der Waals surface area contributed by atoms with Crippen molar-refractivity contribution >= 4 is 22.8 Å². The van der Waals surface area contributed by atoms with E-state index in [4.69, 9.17) is 11.6 Å². The SMILES string of the molecule is O=c1c2c(ncn2Cc2cccc(F)c2)n(-c2ccccc2Cl)c(=O)n1C1CCCC1. The zero-order valence-electron chi connectivity index (χ0n) is 16.7. The number of aromatic nitrogens is 4. The van der Waals surface area contributed by atoms with Crippen LogP contribution in [0.15, 0.2) is 64.4 Å². The topological polar surface area (TPSA) is 61.8 Å². The van der Waals surface area contributed by atoms with Crippen LogP contribution in [-0.2, 0) is 6.54 Å². The van der Waals surface area contributed by atoms with E-state index in [1.807, 2.05) is 0 Å². The summed E-state index contributed by atoms with van der Waals surface area (Å²) in [7, 11) is 0. The fraction of sp³-hybridized carbons (Fsp3) is 0.261. The van der Waals surface area contributed by atoms with Crippen molar-refractivity contribution in [1.82, 2.24) is 18.7 Å². The number of halogens is 2. The Kier molecular flexibility index (Phi) is 4.98. The molecule has 5 rings (SSSR count). The Morgan fingerprint density at radius 2 is 1.84 bits per heavy atom. The van der Waals surface area contributed by atoms with Gasteiger partial charge < -0.3 is 4.57 Å².